The molecule has 0 aliphatic rings. The molecule has 106 valence electrons. The standard InChI is InChI=1S/C16H21N3O/c1-4-13(10(2)3)19-16(20)12-9-15(17)18-14-8-6-5-7-11(12)14/h5-10,13H,4H2,1-3H3,(H2,17,18)(H,19,20). The first-order chi connectivity index (χ1) is 9.52. The van der Waals surface area contributed by atoms with Crippen LogP contribution in [0.4, 0.5) is 5.82 Å². The molecule has 1 atom stereocenters. The summed E-state index contributed by atoms with van der Waals surface area (Å²) in [6, 6.07) is 9.35. The SMILES string of the molecule is CCC(NC(=O)c1cc(N)nc2ccccc12)C(C)C. The molecule has 2 aromatic rings. The molecule has 1 unspecified atom stereocenters. The normalized spacial score (nSPS) is 12.6. The van der Waals surface area contributed by atoms with E-state index >= 15 is 0 Å². The van der Waals surface area contributed by atoms with Gasteiger partial charge in [-0.1, -0.05) is 39.0 Å². The number of benzene rings is 1. The Morgan fingerprint density at radius 1 is 1.35 bits per heavy atom. The summed E-state index contributed by atoms with van der Waals surface area (Å²) < 4.78 is 0. The second-order valence-corrected chi connectivity index (χ2v) is 5.34. The van der Waals surface area contributed by atoms with E-state index in [0.29, 0.717) is 17.3 Å². The summed E-state index contributed by atoms with van der Waals surface area (Å²) in [6.07, 6.45) is 0.905. The van der Waals surface area contributed by atoms with Gasteiger partial charge in [-0.15, -0.1) is 0 Å². The number of fused-ring (bicyclic) bond motifs is 1. The second-order valence-electron chi connectivity index (χ2n) is 5.34. The monoisotopic (exact) mass is 271 g/mol. The second kappa shape index (κ2) is 5.90. The van der Waals surface area contributed by atoms with Crippen LogP contribution in [0.3, 0.4) is 0 Å². The van der Waals surface area contributed by atoms with E-state index in [1.54, 1.807) is 6.07 Å². The van der Waals surface area contributed by atoms with Gasteiger partial charge in [0, 0.05) is 11.4 Å². The van der Waals surface area contributed by atoms with E-state index in [9.17, 15) is 4.79 Å². The average Bonchev–Trinajstić information content (AvgIpc) is 2.43. The van der Waals surface area contributed by atoms with Crippen molar-refractivity contribution in [3.8, 4) is 0 Å². The number of carbonyl (C=O) groups excluding carboxylic acids is 1. The fourth-order valence-corrected chi connectivity index (χ4v) is 2.37. The molecular formula is C16H21N3O. The summed E-state index contributed by atoms with van der Waals surface area (Å²) in [5, 5.41) is 3.91. The number of amides is 1. The Bertz CT molecular complexity index is 622. The third-order valence-corrected chi connectivity index (χ3v) is 3.54. The molecule has 0 bridgehead atoms. The minimum absolute atomic E-state index is 0.0872. The Labute approximate surface area is 119 Å². The van der Waals surface area contributed by atoms with Crippen LogP contribution < -0.4 is 11.1 Å². The molecule has 0 saturated heterocycles. The topological polar surface area (TPSA) is 68.0 Å². The molecule has 0 radical (unpaired) electrons. The largest absolute Gasteiger partial charge is 0.384 e. The van der Waals surface area contributed by atoms with Crippen molar-refractivity contribution in [2.75, 3.05) is 5.73 Å². The molecule has 0 aliphatic carbocycles. The summed E-state index contributed by atoms with van der Waals surface area (Å²) >= 11 is 0. The lowest BCUT2D eigenvalue weighted by molar-refractivity contribution is 0.0926. The van der Waals surface area contributed by atoms with Crippen molar-refractivity contribution < 1.29 is 4.79 Å². The predicted octanol–water partition coefficient (Wildman–Crippen LogP) is 2.98. The van der Waals surface area contributed by atoms with Gasteiger partial charge in [-0.2, -0.15) is 0 Å². The lowest BCUT2D eigenvalue weighted by Crippen LogP contribution is -2.38. The van der Waals surface area contributed by atoms with Gasteiger partial charge in [0.25, 0.3) is 5.91 Å². The highest BCUT2D eigenvalue weighted by Crippen LogP contribution is 2.20. The highest BCUT2D eigenvalue weighted by molar-refractivity contribution is 6.07. The Hall–Kier alpha value is -2.10. The molecule has 0 spiro atoms. The Kier molecular flexibility index (Phi) is 4.23. The fraction of sp³-hybridized carbons (Fsp3) is 0.375. The van der Waals surface area contributed by atoms with E-state index in [1.165, 1.54) is 0 Å². The number of carbonyl (C=O) groups is 1. The molecule has 1 heterocycles. The fourth-order valence-electron chi connectivity index (χ4n) is 2.37. The van der Waals surface area contributed by atoms with Crippen molar-refractivity contribution in [2.24, 2.45) is 5.92 Å². The molecule has 1 amide bonds. The molecule has 20 heavy (non-hydrogen) atoms. The number of hydrogen-bond donors (Lipinski definition) is 2. The molecule has 0 aliphatic heterocycles. The quantitative estimate of drug-likeness (QED) is 0.898. The summed E-state index contributed by atoms with van der Waals surface area (Å²) in [4.78, 5) is 16.7. The van der Waals surface area contributed by atoms with Crippen LogP contribution in [-0.4, -0.2) is 16.9 Å². The first-order valence-electron chi connectivity index (χ1n) is 6.99. The predicted molar refractivity (Wildman–Crippen MR) is 82.5 cm³/mol. The van der Waals surface area contributed by atoms with Gasteiger partial charge in [0.2, 0.25) is 0 Å². The lowest BCUT2D eigenvalue weighted by atomic mass is 10.0. The van der Waals surface area contributed by atoms with Gasteiger partial charge < -0.3 is 11.1 Å². The van der Waals surface area contributed by atoms with Crippen molar-refractivity contribution >= 4 is 22.6 Å². The van der Waals surface area contributed by atoms with E-state index in [-0.39, 0.29) is 11.9 Å². The van der Waals surface area contributed by atoms with Crippen LogP contribution in [0, 0.1) is 5.92 Å². The maximum absolute atomic E-state index is 12.5. The van der Waals surface area contributed by atoms with Crippen LogP contribution in [0.15, 0.2) is 30.3 Å². The Morgan fingerprint density at radius 2 is 2.05 bits per heavy atom. The molecule has 1 aromatic carbocycles. The maximum Gasteiger partial charge on any atom is 0.252 e. The van der Waals surface area contributed by atoms with Gasteiger partial charge in [-0.25, -0.2) is 4.98 Å². The van der Waals surface area contributed by atoms with Crippen molar-refractivity contribution in [2.45, 2.75) is 33.2 Å². The summed E-state index contributed by atoms with van der Waals surface area (Å²) in [7, 11) is 0. The number of nitrogens with one attached hydrogen (secondary N) is 1. The Balaban J connectivity index is 2.39. The Morgan fingerprint density at radius 3 is 2.70 bits per heavy atom. The maximum atomic E-state index is 12.5. The molecule has 0 saturated carbocycles. The number of aromatic nitrogens is 1. The number of para-hydroxylation sites is 1. The van der Waals surface area contributed by atoms with Crippen molar-refractivity contribution in [3.63, 3.8) is 0 Å². The van der Waals surface area contributed by atoms with Crippen molar-refractivity contribution in [1.82, 2.24) is 10.3 Å². The molecule has 2 rings (SSSR count). The number of nitrogen functional groups attached to an aromatic ring is 1. The highest BCUT2D eigenvalue weighted by atomic mass is 16.1. The van der Waals surface area contributed by atoms with Gasteiger partial charge in [0.1, 0.15) is 5.82 Å². The number of hydrogen-bond acceptors (Lipinski definition) is 3. The number of anilines is 1. The number of nitrogens with two attached hydrogens (primary N) is 1. The van der Waals surface area contributed by atoms with Crippen molar-refractivity contribution in [3.05, 3.63) is 35.9 Å². The lowest BCUT2D eigenvalue weighted by Gasteiger charge is -2.21. The number of rotatable bonds is 4. The van der Waals surface area contributed by atoms with E-state index in [4.69, 9.17) is 5.73 Å². The highest BCUT2D eigenvalue weighted by Gasteiger charge is 2.17. The van der Waals surface area contributed by atoms with E-state index in [0.717, 1.165) is 17.3 Å². The van der Waals surface area contributed by atoms with E-state index in [2.05, 4.69) is 31.1 Å². The zero-order valence-electron chi connectivity index (χ0n) is 12.2. The van der Waals surface area contributed by atoms with Crippen LogP contribution in [0.1, 0.15) is 37.6 Å². The first kappa shape index (κ1) is 14.3. The van der Waals surface area contributed by atoms with Gasteiger partial charge >= 0.3 is 0 Å². The van der Waals surface area contributed by atoms with Gasteiger partial charge in [-0.3, -0.25) is 4.79 Å². The van der Waals surface area contributed by atoms with Gasteiger partial charge in [0.05, 0.1) is 11.1 Å². The molecule has 4 nitrogen and oxygen atoms in total. The minimum Gasteiger partial charge on any atom is -0.384 e. The summed E-state index contributed by atoms with van der Waals surface area (Å²) in [5.41, 5.74) is 7.13. The van der Waals surface area contributed by atoms with E-state index in [1.807, 2.05) is 24.3 Å². The van der Waals surface area contributed by atoms with Gasteiger partial charge in [-0.05, 0) is 24.5 Å². The van der Waals surface area contributed by atoms with Crippen LogP contribution >= 0.6 is 0 Å². The molecule has 4 heteroatoms. The molecular weight excluding hydrogens is 250 g/mol. The van der Waals surface area contributed by atoms with Crippen LogP contribution in [0.25, 0.3) is 10.9 Å². The average molecular weight is 271 g/mol. The molecule has 0 fully saturated rings. The molecule has 3 N–H and O–H groups in total. The third kappa shape index (κ3) is 2.90. The van der Waals surface area contributed by atoms with Crippen LogP contribution in [-0.2, 0) is 0 Å². The zero-order valence-corrected chi connectivity index (χ0v) is 12.2. The number of nitrogens with zero attached hydrogens (tertiary/aromatic N) is 1. The van der Waals surface area contributed by atoms with Crippen LogP contribution in [0.5, 0.6) is 0 Å². The smallest absolute Gasteiger partial charge is 0.252 e. The first-order valence-corrected chi connectivity index (χ1v) is 6.99. The van der Waals surface area contributed by atoms with Crippen LogP contribution in [0.2, 0.25) is 0 Å². The van der Waals surface area contributed by atoms with Gasteiger partial charge in [0.15, 0.2) is 0 Å². The summed E-state index contributed by atoms with van der Waals surface area (Å²) in [6.45, 7) is 6.28. The van der Waals surface area contributed by atoms with Crippen molar-refractivity contribution in [1.29, 1.82) is 0 Å². The van der Waals surface area contributed by atoms with E-state index < -0.39 is 0 Å². The molecule has 1 aromatic heterocycles. The minimum atomic E-state index is -0.0872. The summed E-state index contributed by atoms with van der Waals surface area (Å²) in [5.74, 6) is 0.677. The zero-order chi connectivity index (χ0) is 14.7. The number of pyridine rings is 1. The third-order valence-electron chi connectivity index (χ3n) is 3.54.